The molecule has 174 valence electrons. The molecule has 2 heterocycles. The van der Waals surface area contributed by atoms with Crippen LogP contribution in [-0.4, -0.2) is 73.5 Å². The summed E-state index contributed by atoms with van der Waals surface area (Å²) in [4.78, 5) is 21.5. The van der Waals surface area contributed by atoms with E-state index in [2.05, 4.69) is 71.6 Å². The fraction of sp³-hybridized carbons (Fsp3) is 0.667. The number of nitrogens with zero attached hydrogens (tertiary/aromatic N) is 3. The number of nitrogens with one attached hydrogen (secondary N) is 2. The van der Waals surface area contributed by atoms with Crippen molar-refractivity contribution >= 4 is 35.8 Å². The Balaban J connectivity index is 0.00000341. The molecule has 1 aromatic rings. The molecule has 0 saturated carbocycles. The molecule has 2 saturated heterocycles. The van der Waals surface area contributed by atoms with E-state index in [-0.39, 0.29) is 29.9 Å². The lowest BCUT2D eigenvalue weighted by Crippen LogP contribution is -2.50. The van der Waals surface area contributed by atoms with Gasteiger partial charge in [-0.25, -0.2) is 0 Å². The second kappa shape index (κ2) is 12.6. The van der Waals surface area contributed by atoms with Crippen LogP contribution >= 0.6 is 24.0 Å². The van der Waals surface area contributed by atoms with Crippen molar-refractivity contribution in [2.24, 2.45) is 16.8 Å². The molecule has 2 aliphatic rings. The van der Waals surface area contributed by atoms with Crippen molar-refractivity contribution in [1.29, 1.82) is 0 Å². The van der Waals surface area contributed by atoms with Crippen molar-refractivity contribution in [2.45, 2.75) is 52.1 Å². The third-order valence-corrected chi connectivity index (χ3v) is 6.66. The van der Waals surface area contributed by atoms with Gasteiger partial charge in [-0.3, -0.25) is 14.7 Å². The first kappa shape index (κ1) is 25.9. The Labute approximate surface area is 205 Å². The van der Waals surface area contributed by atoms with Crippen LogP contribution in [0.15, 0.2) is 35.3 Å². The molecule has 2 aliphatic heterocycles. The Morgan fingerprint density at radius 1 is 1.16 bits per heavy atom. The van der Waals surface area contributed by atoms with E-state index in [0.29, 0.717) is 30.5 Å². The first-order chi connectivity index (χ1) is 14.5. The van der Waals surface area contributed by atoms with Gasteiger partial charge in [-0.05, 0) is 50.5 Å². The highest BCUT2D eigenvalue weighted by molar-refractivity contribution is 14.0. The second-order valence-corrected chi connectivity index (χ2v) is 9.22. The van der Waals surface area contributed by atoms with E-state index in [4.69, 9.17) is 0 Å². The van der Waals surface area contributed by atoms with E-state index in [0.717, 1.165) is 51.4 Å². The van der Waals surface area contributed by atoms with Gasteiger partial charge in [-0.15, -0.1) is 24.0 Å². The molecule has 0 aliphatic carbocycles. The molecule has 0 radical (unpaired) electrons. The number of likely N-dealkylation sites (tertiary alicyclic amines) is 2. The highest BCUT2D eigenvalue weighted by atomic mass is 127. The molecule has 7 heteroatoms. The number of rotatable bonds is 6. The van der Waals surface area contributed by atoms with Crippen molar-refractivity contribution < 1.29 is 4.79 Å². The number of amides is 1. The Morgan fingerprint density at radius 3 is 2.42 bits per heavy atom. The lowest BCUT2D eigenvalue weighted by atomic mass is 9.90. The highest BCUT2D eigenvalue weighted by Crippen LogP contribution is 2.22. The summed E-state index contributed by atoms with van der Waals surface area (Å²) in [6.45, 7) is 10.9. The van der Waals surface area contributed by atoms with Crippen LogP contribution in [0.5, 0.6) is 0 Å². The molecule has 2 atom stereocenters. The molecule has 0 bridgehead atoms. The lowest BCUT2D eigenvalue weighted by Gasteiger charge is -2.32. The SMILES string of the molecule is CN=C(NCC(=O)N1CCC(Cc2ccccc2)CC1)NC1CN(C(C)C)CC1C.I. The molecule has 2 N–H and O–H groups in total. The number of halogens is 1. The zero-order valence-electron chi connectivity index (χ0n) is 19.5. The molecule has 0 aromatic heterocycles. The third-order valence-electron chi connectivity index (χ3n) is 6.66. The minimum absolute atomic E-state index is 0. The average molecular weight is 542 g/mol. The molecule has 1 aromatic carbocycles. The predicted molar refractivity (Wildman–Crippen MR) is 139 cm³/mol. The Kier molecular flexibility index (Phi) is 10.6. The zero-order valence-corrected chi connectivity index (χ0v) is 21.8. The van der Waals surface area contributed by atoms with Crippen LogP contribution in [0, 0.1) is 11.8 Å². The number of carbonyl (C=O) groups is 1. The number of hydrogen-bond donors (Lipinski definition) is 2. The molecule has 2 fully saturated rings. The van der Waals surface area contributed by atoms with Crippen LogP contribution < -0.4 is 10.6 Å². The van der Waals surface area contributed by atoms with Crippen molar-refractivity contribution in [1.82, 2.24) is 20.4 Å². The number of aliphatic imine (C=N–C) groups is 1. The van der Waals surface area contributed by atoms with Gasteiger partial charge in [-0.2, -0.15) is 0 Å². The number of hydrogen-bond acceptors (Lipinski definition) is 3. The van der Waals surface area contributed by atoms with Gasteiger partial charge >= 0.3 is 0 Å². The minimum atomic E-state index is 0. The van der Waals surface area contributed by atoms with Gasteiger partial charge in [0, 0.05) is 45.3 Å². The summed E-state index contributed by atoms with van der Waals surface area (Å²) in [7, 11) is 1.77. The van der Waals surface area contributed by atoms with Crippen molar-refractivity contribution in [3.63, 3.8) is 0 Å². The Morgan fingerprint density at radius 2 is 1.84 bits per heavy atom. The minimum Gasteiger partial charge on any atom is -0.352 e. The summed E-state index contributed by atoms with van der Waals surface area (Å²) in [5.74, 6) is 2.13. The van der Waals surface area contributed by atoms with E-state index < -0.39 is 0 Å². The molecular formula is C24H40IN5O. The smallest absolute Gasteiger partial charge is 0.241 e. The predicted octanol–water partition coefficient (Wildman–Crippen LogP) is 2.98. The topological polar surface area (TPSA) is 60.0 Å². The summed E-state index contributed by atoms with van der Waals surface area (Å²) in [5.41, 5.74) is 1.40. The van der Waals surface area contributed by atoms with Crippen LogP contribution in [0.3, 0.4) is 0 Å². The molecule has 3 rings (SSSR count). The fourth-order valence-corrected chi connectivity index (χ4v) is 4.59. The standard InChI is InChI=1S/C24H39N5O.HI/c1-18(2)29-16-19(3)22(17-29)27-24(25-4)26-15-23(30)28-12-10-21(11-13-28)14-20-8-6-5-7-9-20;/h5-9,18-19,21-22H,10-17H2,1-4H3,(H2,25,26,27);1H. The van der Waals surface area contributed by atoms with Crippen LogP contribution in [0.1, 0.15) is 39.2 Å². The maximum atomic E-state index is 12.7. The van der Waals surface area contributed by atoms with Crippen LogP contribution in [0.2, 0.25) is 0 Å². The highest BCUT2D eigenvalue weighted by Gasteiger charge is 2.31. The van der Waals surface area contributed by atoms with Gasteiger partial charge in [0.05, 0.1) is 6.54 Å². The van der Waals surface area contributed by atoms with Gasteiger partial charge < -0.3 is 15.5 Å². The monoisotopic (exact) mass is 541 g/mol. The van der Waals surface area contributed by atoms with Gasteiger partial charge in [0.15, 0.2) is 5.96 Å². The van der Waals surface area contributed by atoms with Crippen LogP contribution in [0.4, 0.5) is 0 Å². The lowest BCUT2D eigenvalue weighted by molar-refractivity contribution is -0.131. The first-order valence-corrected chi connectivity index (χ1v) is 11.5. The van der Waals surface area contributed by atoms with E-state index in [1.807, 2.05) is 4.90 Å². The second-order valence-electron chi connectivity index (χ2n) is 9.22. The fourth-order valence-electron chi connectivity index (χ4n) is 4.59. The number of piperidine rings is 1. The number of guanidine groups is 1. The third kappa shape index (κ3) is 7.63. The molecule has 2 unspecified atom stereocenters. The van der Waals surface area contributed by atoms with Crippen LogP contribution in [-0.2, 0) is 11.2 Å². The Hall–Kier alpha value is -1.35. The maximum absolute atomic E-state index is 12.7. The van der Waals surface area contributed by atoms with E-state index in [1.165, 1.54) is 5.56 Å². The number of carbonyl (C=O) groups excluding carboxylic acids is 1. The molecular weight excluding hydrogens is 501 g/mol. The van der Waals surface area contributed by atoms with Gasteiger partial charge in [-0.1, -0.05) is 37.3 Å². The van der Waals surface area contributed by atoms with E-state index >= 15 is 0 Å². The summed E-state index contributed by atoms with van der Waals surface area (Å²) in [6.07, 6.45) is 3.28. The molecule has 6 nitrogen and oxygen atoms in total. The quantitative estimate of drug-likeness (QED) is 0.331. The number of benzene rings is 1. The van der Waals surface area contributed by atoms with Crippen LogP contribution in [0.25, 0.3) is 0 Å². The largest absolute Gasteiger partial charge is 0.352 e. The van der Waals surface area contributed by atoms with Crippen molar-refractivity contribution in [3.8, 4) is 0 Å². The maximum Gasteiger partial charge on any atom is 0.241 e. The molecule has 31 heavy (non-hydrogen) atoms. The van der Waals surface area contributed by atoms with Gasteiger partial charge in [0.2, 0.25) is 5.91 Å². The summed E-state index contributed by atoms with van der Waals surface area (Å²) >= 11 is 0. The average Bonchev–Trinajstić information content (AvgIpc) is 3.12. The van der Waals surface area contributed by atoms with Gasteiger partial charge in [0.1, 0.15) is 0 Å². The van der Waals surface area contributed by atoms with Gasteiger partial charge in [0.25, 0.3) is 0 Å². The molecule has 1 amide bonds. The van der Waals surface area contributed by atoms with Crippen molar-refractivity contribution in [2.75, 3.05) is 39.8 Å². The summed E-state index contributed by atoms with van der Waals surface area (Å²) < 4.78 is 0. The van der Waals surface area contributed by atoms with Crippen molar-refractivity contribution in [3.05, 3.63) is 35.9 Å². The van der Waals surface area contributed by atoms with E-state index in [9.17, 15) is 4.79 Å². The first-order valence-electron chi connectivity index (χ1n) is 11.5. The zero-order chi connectivity index (χ0) is 21.5. The summed E-state index contributed by atoms with van der Waals surface area (Å²) in [6, 6.07) is 11.6. The summed E-state index contributed by atoms with van der Waals surface area (Å²) in [5, 5.41) is 6.76. The Bertz CT molecular complexity index is 703. The van der Waals surface area contributed by atoms with E-state index in [1.54, 1.807) is 7.05 Å². The molecule has 0 spiro atoms. The normalized spacial score (nSPS) is 23.0.